The van der Waals surface area contributed by atoms with Crippen LogP contribution in [0, 0.1) is 0 Å². The molecule has 1 N–H and O–H groups in total. The summed E-state index contributed by atoms with van der Waals surface area (Å²) in [6.07, 6.45) is 3.39. The average molecular weight is 378 g/mol. The first-order valence-corrected chi connectivity index (χ1v) is 8.97. The van der Waals surface area contributed by atoms with E-state index in [0.29, 0.717) is 18.5 Å². The van der Waals surface area contributed by atoms with Crippen molar-refractivity contribution >= 4 is 12.0 Å². The SMILES string of the molecule is O=C(/C=C/c1ccc(C(F)(F)F)cc1)NCCc1nnc2n1CCCCC2. The number of amides is 1. The smallest absolute Gasteiger partial charge is 0.352 e. The Bertz CT molecular complexity index is 809. The Hall–Kier alpha value is -2.64. The number of halogens is 3. The van der Waals surface area contributed by atoms with Crippen LogP contribution < -0.4 is 5.32 Å². The maximum absolute atomic E-state index is 12.5. The number of aromatic nitrogens is 3. The van der Waals surface area contributed by atoms with Crippen LogP contribution in [0.5, 0.6) is 0 Å². The van der Waals surface area contributed by atoms with Crippen molar-refractivity contribution in [1.29, 1.82) is 0 Å². The van der Waals surface area contributed by atoms with E-state index >= 15 is 0 Å². The summed E-state index contributed by atoms with van der Waals surface area (Å²) in [5.74, 6) is 1.58. The number of hydrogen-bond acceptors (Lipinski definition) is 3. The number of alkyl halides is 3. The lowest BCUT2D eigenvalue weighted by molar-refractivity contribution is -0.137. The predicted molar refractivity (Wildman–Crippen MR) is 94.8 cm³/mol. The van der Waals surface area contributed by atoms with Crippen LogP contribution >= 0.6 is 0 Å². The zero-order valence-electron chi connectivity index (χ0n) is 14.8. The van der Waals surface area contributed by atoms with Crippen LogP contribution in [0.15, 0.2) is 30.3 Å². The first-order valence-electron chi connectivity index (χ1n) is 8.97. The van der Waals surface area contributed by atoms with Crippen LogP contribution in [0.3, 0.4) is 0 Å². The summed E-state index contributed by atoms with van der Waals surface area (Å²) in [6.45, 7) is 1.34. The average Bonchev–Trinajstić information content (AvgIpc) is 2.86. The fourth-order valence-electron chi connectivity index (χ4n) is 3.04. The Morgan fingerprint density at radius 3 is 2.67 bits per heavy atom. The molecule has 1 aliphatic rings. The van der Waals surface area contributed by atoms with Crippen LogP contribution in [0.4, 0.5) is 13.2 Å². The number of fused-ring (bicyclic) bond motifs is 1. The molecule has 1 aromatic heterocycles. The molecule has 8 heteroatoms. The van der Waals surface area contributed by atoms with E-state index < -0.39 is 11.7 Å². The van der Waals surface area contributed by atoms with Crippen LogP contribution in [-0.2, 0) is 30.4 Å². The van der Waals surface area contributed by atoms with Gasteiger partial charge in [-0.05, 0) is 36.6 Å². The number of benzene rings is 1. The van der Waals surface area contributed by atoms with E-state index in [2.05, 4.69) is 20.1 Å². The fraction of sp³-hybridized carbons (Fsp3) is 0.421. The molecule has 0 saturated carbocycles. The first kappa shape index (κ1) is 19.1. The Morgan fingerprint density at radius 2 is 1.93 bits per heavy atom. The van der Waals surface area contributed by atoms with E-state index in [1.54, 1.807) is 0 Å². The summed E-state index contributed by atoms with van der Waals surface area (Å²) < 4.78 is 39.7. The van der Waals surface area contributed by atoms with Gasteiger partial charge in [-0.15, -0.1) is 10.2 Å². The van der Waals surface area contributed by atoms with E-state index in [0.717, 1.165) is 49.6 Å². The van der Waals surface area contributed by atoms with E-state index in [9.17, 15) is 18.0 Å². The predicted octanol–water partition coefficient (Wildman–Crippen LogP) is 3.40. The molecular formula is C19H21F3N4O. The van der Waals surface area contributed by atoms with Crippen LogP contribution in [0.1, 0.15) is 42.0 Å². The molecule has 0 fully saturated rings. The van der Waals surface area contributed by atoms with Gasteiger partial charge in [0.05, 0.1) is 5.56 Å². The Labute approximate surface area is 155 Å². The maximum Gasteiger partial charge on any atom is 0.416 e. The van der Waals surface area contributed by atoms with Crippen LogP contribution in [0.2, 0.25) is 0 Å². The molecule has 0 bridgehead atoms. The number of carbonyl (C=O) groups is 1. The molecule has 0 saturated heterocycles. The Balaban J connectivity index is 1.49. The van der Waals surface area contributed by atoms with Gasteiger partial charge in [0.25, 0.3) is 0 Å². The number of aryl methyl sites for hydroxylation is 1. The number of rotatable bonds is 5. The molecule has 2 aromatic rings. The second kappa shape index (κ2) is 8.37. The van der Waals surface area contributed by atoms with Gasteiger partial charge in [-0.3, -0.25) is 4.79 Å². The van der Waals surface area contributed by atoms with Gasteiger partial charge in [0.15, 0.2) is 0 Å². The molecule has 1 amide bonds. The molecule has 0 atom stereocenters. The number of carbonyl (C=O) groups excluding carboxylic acids is 1. The minimum Gasteiger partial charge on any atom is -0.352 e. The summed E-state index contributed by atoms with van der Waals surface area (Å²) in [5.41, 5.74) is -0.183. The molecule has 0 spiro atoms. The molecular weight excluding hydrogens is 357 g/mol. The van der Waals surface area contributed by atoms with Crippen LogP contribution in [0.25, 0.3) is 6.08 Å². The molecule has 27 heavy (non-hydrogen) atoms. The highest BCUT2D eigenvalue weighted by molar-refractivity contribution is 5.91. The Kier molecular flexibility index (Phi) is 5.93. The zero-order valence-corrected chi connectivity index (χ0v) is 14.8. The summed E-state index contributed by atoms with van der Waals surface area (Å²) in [6, 6.07) is 4.65. The van der Waals surface area contributed by atoms with Crippen LogP contribution in [-0.4, -0.2) is 27.2 Å². The van der Waals surface area contributed by atoms with Gasteiger partial charge in [0.2, 0.25) is 5.91 Å². The molecule has 0 unspecified atom stereocenters. The van der Waals surface area contributed by atoms with Gasteiger partial charge >= 0.3 is 6.18 Å². The van der Waals surface area contributed by atoms with Crippen molar-refractivity contribution in [3.8, 4) is 0 Å². The second-order valence-electron chi connectivity index (χ2n) is 6.49. The van der Waals surface area contributed by atoms with E-state index in [4.69, 9.17) is 0 Å². The van der Waals surface area contributed by atoms with Gasteiger partial charge in [-0.2, -0.15) is 13.2 Å². The Morgan fingerprint density at radius 1 is 1.15 bits per heavy atom. The van der Waals surface area contributed by atoms with Crippen molar-refractivity contribution in [2.24, 2.45) is 0 Å². The van der Waals surface area contributed by atoms with Gasteiger partial charge in [-0.1, -0.05) is 18.6 Å². The van der Waals surface area contributed by atoms with Gasteiger partial charge in [-0.25, -0.2) is 0 Å². The van der Waals surface area contributed by atoms with Gasteiger partial charge in [0, 0.05) is 32.0 Å². The maximum atomic E-state index is 12.5. The van der Waals surface area contributed by atoms with Crippen molar-refractivity contribution in [3.05, 3.63) is 53.1 Å². The molecule has 0 aliphatic carbocycles. The third-order valence-electron chi connectivity index (χ3n) is 4.50. The molecule has 0 radical (unpaired) electrons. The van der Waals surface area contributed by atoms with Crippen molar-refractivity contribution < 1.29 is 18.0 Å². The highest BCUT2D eigenvalue weighted by Crippen LogP contribution is 2.29. The largest absolute Gasteiger partial charge is 0.416 e. The number of hydrogen-bond donors (Lipinski definition) is 1. The lowest BCUT2D eigenvalue weighted by Crippen LogP contribution is -2.24. The normalized spacial score (nSPS) is 14.8. The third-order valence-corrected chi connectivity index (χ3v) is 4.50. The van der Waals surface area contributed by atoms with Crippen molar-refractivity contribution in [3.63, 3.8) is 0 Å². The van der Waals surface area contributed by atoms with Crippen molar-refractivity contribution in [1.82, 2.24) is 20.1 Å². The van der Waals surface area contributed by atoms with Gasteiger partial charge in [0.1, 0.15) is 11.6 Å². The molecule has 1 aliphatic heterocycles. The lowest BCUT2D eigenvalue weighted by Gasteiger charge is -2.07. The molecule has 2 heterocycles. The quantitative estimate of drug-likeness (QED) is 0.812. The summed E-state index contributed by atoms with van der Waals surface area (Å²) in [7, 11) is 0. The second-order valence-corrected chi connectivity index (χ2v) is 6.49. The summed E-state index contributed by atoms with van der Waals surface area (Å²) in [5, 5.41) is 11.2. The molecule has 144 valence electrons. The molecule has 3 rings (SSSR count). The van der Waals surface area contributed by atoms with Crippen molar-refractivity contribution in [2.75, 3.05) is 6.54 Å². The third kappa shape index (κ3) is 5.18. The number of nitrogens with zero attached hydrogens (tertiary/aromatic N) is 3. The van der Waals surface area contributed by atoms with E-state index in [1.807, 2.05) is 0 Å². The highest BCUT2D eigenvalue weighted by atomic mass is 19.4. The summed E-state index contributed by atoms with van der Waals surface area (Å²) >= 11 is 0. The fourth-order valence-corrected chi connectivity index (χ4v) is 3.04. The van der Waals surface area contributed by atoms with Gasteiger partial charge < -0.3 is 9.88 Å². The highest BCUT2D eigenvalue weighted by Gasteiger charge is 2.29. The molecule has 1 aromatic carbocycles. The summed E-state index contributed by atoms with van der Waals surface area (Å²) in [4.78, 5) is 11.9. The van der Waals surface area contributed by atoms with Crippen molar-refractivity contribution in [2.45, 2.75) is 44.8 Å². The monoisotopic (exact) mass is 378 g/mol. The lowest BCUT2D eigenvalue weighted by atomic mass is 10.1. The minimum absolute atomic E-state index is 0.300. The zero-order chi connectivity index (χ0) is 19.3. The molecule has 5 nitrogen and oxygen atoms in total. The topological polar surface area (TPSA) is 59.8 Å². The van der Waals surface area contributed by atoms with E-state index in [-0.39, 0.29) is 5.91 Å². The van der Waals surface area contributed by atoms with E-state index in [1.165, 1.54) is 30.7 Å². The number of nitrogens with one attached hydrogen (secondary N) is 1. The standard InChI is InChI=1S/C19H21F3N4O/c20-19(21,22)15-8-5-14(6-9-15)7-10-18(27)23-12-11-17-25-24-16-4-2-1-3-13-26(16)17/h5-10H,1-4,11-13H2,(H,23,27)/b10-7+. The minimum atomic E-state index is -4.36. The first-order chi connectivity index (χ1) is 12.9.